The van der Waals surface area contributed by atoms with Crippen LogP contribution in [0.2, 0.25) is 0 Å². The highest BCUT2D eigenvalue weighted by Crippen LogP contribution is 2.39. The van der Waals surface area contributed by atoms with Crippen molar-refractivity contribution in [3.05, 3.63) is 18.1 Å². The molecule has 2 fully saturated rings. The zero-order chi connectivity index (χ0) is 15.6. The average Bonchev–Trinajstić information content (AvgIpc) is 3.32. The Kier molecular flexibility index (Phi) is 4.13. The molecule has 7 nitrogen and oxygen atoms in total. The first-order valence-electron chi connectivity index (χ1n) is 8.61. The van der Waals surface area contributed by atoms with E-state index in [1.54, 1.807) is 10.8 Å². The number of anilines is 1. The summed E-state index contributed by atoms with van der Waals surface area (Å²) in [6.45, 7) is 4.29. The molecule has 2 aliphatic rings. The first-order valence-corrected chi connectivity index (χ1v) is 8.61. The molecule has 2 aromatic heterocycles. The number of aliphatic hydroxyl groups excluding tert-OH is 1. The van der Waals surface area contributed by atoms with E-state index in [0.29, 0.717) is 18.4 Å². The van der Waals surface area contributed by atoms with Crippen molar-refractivity contribution in [3.8, 4) is 0 Å². The van der Waals surface area contributed by atoms with Gasteiger partial charge >= 0.3 is 0 Å². The number of hydrogen-bond acceptors (Lipinski definition) is 6. The van der Waals surface area contributed by atoms with Gasteiger partial charge in [-0.1, -0.05) is 0 Å². The second-order valence-electron chi connectivity index (χ2n) is 6.77. The van der Waals surface area contributed by atoms with Crippen LogP contribution in [0.15, 0.2) is 12.4 Å². The largest absolute Gasteiger partial charge is 0.396 e. The number of nitrogens with zero attached hydrogens (tertiary/aromatic N) is 5. The van der Waals surface area contributed by atoms with Crippen LogP contribution in [0.4, 0.5) is 5.69 Å². The van der Waals surface area contributed by atoms with Crippen LogP contribution in [0.5, 0.6) is 0 Å². The number of aliphatic hydroxyl groups is 1. The minimum Gasteiger partial charge on any atom is -0.396 e. The molecule has 1 aliphatic carbocycles. The molecule has 2 aromatic rings. The van der Waals surface area contributed by atoms with Gasteiger partial charge in [0.1, 0.15) is 6.33 Å². The molecule has 7 heteroatoms. The van der Waals surface area contributed by atoms with Crippen LogP contribution in [-0.4, -0.2) is 62.6 Å². The second-order valence-corrected chi connectivity index (χ2v) is 6.77. The van der Waals surface area contributed by atoms with Gasteiger partial charge in [-0.25, -0.2) is 0 Å². The molecule has 0 aromatic carbocycles. The molecule has 2 N–H and O–H groups in total. The molecule has 1 saturated carbocycles. The maximum Gasteiger partial charge on any atom is 0.200 e. The van der Waals surface area contributed by atoms with Crippen LogP contribution in [0, 0.1) is 5.92 Å². The van der Waals surface area contributed by atoms with Gasteiger partial charge in [0.05, 0.1) is 11.4 Å². The van der Waals surface area contributed by atoms with Gasteiger partial charge in [-0.3, -0.25) is 0 Å². The van der Waals surface area contributed by atoms with E-state index in [0.717, 1.165) is 49.6 Å². The Balaban J connectivity index is 1.40. The van der Waals surface area contributed by atoms with Crippen molar-refractivity contribution in [3.63, 3.8) is 0 Å². The van der Waals surface area contributed by atoms with Crippen LogP contribution < -0.4 is 5.32 Å². The Hall–Kier alpha value is -1.73. The van der Waals surface area contributed by atoms with E-state index in [1.807, 2.05) is 0 Å². The summed E-state index contributed by atoms with van der Waals surface area (Å²) in [5.41, 5.74) is 2.95. The predicted molar refractivity (Wildman–Crippen MR) is 87.5 cm³/mol. The first-order chi connectivity index (χ1) is 11.3. The molecule has 1 unspecified atom stereocenters. The molecule has 0 bridgehead atoms. The van der Waals surface area contributed by atoms with Gasteiger partial charge in [0.2, 0.25) is 5.65 Å². The first kappa shape index (κ1) is 14.8. The zero-order valence-electron chi connectivity index (χ0n) is 13.4. The summed E-state index contributed by atoms with van der Waals surface area (Å²) in [6.07, 6.45) is 6.46. The number of nitrogens with one attached hydrogen (secondary N) is 1. The lowest BCUT2D eigenvalue weighted by Gasteiger charge is -2.31. The van der Waals surface area contributed by atoms with E-state index >= 15 is 0 Å². The van der Waals surface area contributed by atoms with E-state index < -0.39 is 0 Å². The van der Waals surface area contributed by atoms with Gasteiger partial charge < -0.3 is 15.3 Å². The number of likely N-dealkylation sites (tertiary alicyclic amines) is 1. The third-order valence-corrected chi connectivity index (χ3v) is 4.89. The van der Waals surface area contributed by atoms with Crippen molar-refractivity contribution in [2.75, 3.05) is 38.1 Å². The minimum absolute atomic E-state index is 0.305. The quantitative estimate of drug-likeness (QED) is 0.831. The third kappa shape index (κ3) is 3.30. The molecule has 0 radical (unpaired) electrons. The summed E-state index contributed by atoms with van der Waals surface area (Å²) in [5.74, 6) is 1.05. The van der Waals surface area contributed by atoms with E-state index in [1.165, 1.54) is 19.3 Å². The maximum absolute atomic E-state index is 9.33. The van der Waals surface area contributed by atoms with Crippen molar-refractivity contribution < 1.29 is 5.11 Å². The average molecular weight is 316 g/mol. The highest BCUT2D eigenvalue weighted by Gasteiger charge is 2.26. The van der Waals surface area contributed by atoms with Crippen LogP contribution in [-0.2, 0) is 0 Å². The molecule has 0 spiro atoms. The molecule has 23 heavy (non-hydrogen) atoms. The SMILES string of the molecule is OCC1CCCN(CCNc2cc(C3CC3)nn3cnnc23)C1. The van der Waals surface area contributed by atoms with Crippen LogP contribution >= 0.6 is 0 Å². The fourth-order valence-electron chi connectivity index (χ4n) is 3.41. The lowest BCUT2D eigenvalue weighted by molar-refractivity contribution is 0.123. The monoisotopic (exact) mass is 316 g/mol. The maximum atomic E-state index is 9.33. The lowest BCUT2D eigenvalue weighted by Crippen LogP contribution is -2.39. The molecule has 1 atom stereocenters. The Labute approximate surface area is 135 Å². The Morgan fingerprint density at radius 3 is 3.04 bits per heavy atom. The summed E-state index contributed by atoms with van der Waals surface area (Å²) >= 11 is 0. The fourth-order valence-corrected chi connectivity index (χ4v) is 3.41. The lowest BCUT2D eigenvalue weighted by atomic mass is 9.99. The van der Waals surface area contributed by atoms with Gasteiger partial charge in [0.25, 0.3) is 0 Å². The fraction of sp³-hybridized carbons (Fsp3) is 0.688. The summed E-state index contributed by atoms with van der Waals surface area (Å²) in [7, 11) is 0. The van der Waals surface area contributed by atoms with E-state index in [9.17, 15) is 5.11 Å². The van der Waals surface area contributed by atoms with E-state index in [4.69, 9.17) is 0 Å². The molecule has 1 saturated heterocycles. The highest BCUT2D eigenvalue weighted by atomic mass is 16.3. The summed E-state index contributed by atoms with van der Waals surface area (Å²) < 4.78 is 1.78. The molecule has 3 heterocycles. The Bertz CT molecular complexity index is 668. The number of hydrogen-bond donors (Lipinski definition) is 2. The predicted octanol–water partition coefficient (Wildman–Crippen LogP) is 1.12. The van der Waals surface area contributed by atoms with Gasteiger partial charge in [0, 0.05) is 32.2 Å². The van der Waals surface area contributed by atoms with Gasteiger partial charge in [-0.05, 0) is 44.2 Å². The normalized spacial score (nSPS) is 22.6. The van der Waals surface area contributed by atoms with Gasteiger partial charge in [-0.2, -0.15) is 9.61 Å². The Morgan fingerprint density at radius 1 is 1.30 bits per heavy atom. The van der Waals surface area contributed by atoms with E-state index in [2.05, 4.69) is 31.6 Å². The molecular formula is C16H24N6O. The third-order valence-electron chi connectivity index (χ3n) is 4.89. The topological polar surface area (TPSA) is 78.6 Å². The van der Waals surface area contributed by atoms with Gasteiger partial charge in [-0.15, -0.1) is 10.2 Å². The smallest absolute Gasteiger partial charge is 0.200 e. The Morgan fingerprint density at radius 2 is 2.22 bits per heavy atom. The van der Waals surface area contributed by atoms with Crippen LogP contribution in [0.1, 0.15) is 37.3 Å². The molecule has 4 rings (SSSR count). The number of piperidine rings is 1. The molecule has 124 valence electrons. The van der Waals surface area contributed by atoms with Crippen molar-refractivity contribution >= 4 is 11.3 Å². The number of fused-ring (bicyclic) bond motifs is 1. The van der Waals surface area contributed by atoms with Crippen molar-refractivity contribution in [1.82, 2.24) is 24.7 Å². The summed E-state index contributed by atoms with van der Waals surface area (Å²) in [5, 5.41) is 25.6. The van der Waals surface area contributed by atoms with E-state index in [-0.39, 0.29) is 0 Å². The highest BCUT2D eigenvalue weighted by molar-refractivity contribution is 5.66. The number of rotatable bonds is 6. The summed E-state index contributed by atoms with van der Waals surface area (Å²) in [4.78, 5) is 2.43. The van der Waals surface area contributed by atoms with Crippen molar-refractivity contribution in [2.45, 2.75) is 31.6 Å². The molecule has 0 amide bonds. The van der Waals surface area contributed by atoms with Gasteiger partial charge in [0.15, 0.2) is 0 Å². The number of aromatic nitrogens is 4. The standard InChI is InChI=1S/C16H24N6O/c23-10-12-2-1-6-21(9-12)7-5-17-15-8-14(13-3-4-13)20-22-11-18-19-16(15)22/h8,11-13,17,23H,1-7,9-10H2. The minimum atomic E-state index is 0.305. The van der Waals surface area contributed by atoms with Crippen molar-refractivity contribution in [2.24, 2.45) is 5.92 Å². The summed E-state index contributed by atoms with van der Waals surface area (Å²) in [6, 6.07) is 2.13. The zero-order valence-corrected chi connectivity index (χ0v) is 13.4. The second kappa shape index (κ2) is 6.41. The molecule has 1 aliphatic heterocycles. The van der Waals surface area contributed by atoms with Crippen molar-refractivity contribution in [1.29, 1.82) is 0 Å². The molecular weight excluding hydrogens is 292 g/mol. The van der Waals surface area contributed by atoms with Crippen LogP contribution in [0.25, 0.3) is 5.65 Å². The van der Waals surface area contributed by atoms with Crippen LogP contribution in [0.3, 0.4) is 0 Å².